The lowest BCUT2D eigenvalue weighted by Crippen LogP contribution is -2.53. The molecule has 8 nitrogen and oxygen atoms in total. The van der Waals surface area contributed by atoms with Crippen LogP contribution in [-0.4, -0.2) is 34.5 Å². The van der Waals surface area contributed by atoms with Crippen LogP contribution in [0.2, 0.25) is 5.02 Å². The Bertz CT molecular complexity index is 2410. The molecule has 2 heterocycles. The molecule has 4 amide bonds. The van der Waals surface area contributed by atoms with Gasteiger partial charge in [0.1, 0.15) is 5.75 Å². The summed E-state index contributed by atoms with van der Waals surface area (Å²) in [6.45, 7) is 0. The van der Waals surface area contributed by atoms with Crippen molar-refractivity contribution in [3.63, 3.8) is 0 Å². The predicted molar refractivity (Wildman–Crippen MR) is 203 cm³/mol. The third-order valence-corrected chi connectivity index (χ3v) is 12.0. The Morgan fingerprint density at radius 1 is 0.667 bits per heavy atom. The van der Waals surface area contributed by atoms with Crippen LogP contribution in [0.25, 0.3) is 0 Å². The molecule has 5 aromatic rings. The maximum absolute atomic E-state index is 15.3. The first-order chi connectivity index (χ1) is 26.2. The van der Waals surface area contributed by atoms with Crippen LogP contribution in [-0.2, 0) is 24.6 Å². The first-order valence-corrected chi connectivity index (χ1v) is 18.3. The number of anilines is 2. The van der Waals surface area contributed by atoms with Gasteiger partial charge in [-0.2, -0.15) is 0 Å². The number of rotatable bonds is 6. The van der Waals surface area contributed by atoms with Crippen LogP contribution in [0.1, 0.15) is 45.8 Å². The number of allylic oxidation sites excluding steroid dienone is 2. The SMILES string of the molecule is O=C(c1ccccc1)c1ccc(N2C(=O)[C@H]3[C@H](CC=C4[C@H]3C[C@H]3C(=O)N(c5cccc(Cl)c5)C(=O)[C@@]3(c3ccccc3)[C@H]4c3cccc(O)c3)C2=O)cc1. The molecule has 1 N–H and O–H groups in total. The standard InChI is InChI=1S/C45H33ClN2O6/c46-30-14-8-15-32(24-30)48-42(52)37-25-36-34(39(28-11-7-16-33(49)23-28)45(37,44(48)54)29-12-5-2-6-13-29)21-22-35-38(36)43(53)47(41(35)51)31-19-17-27(18-20-31)40(50)26-9-3-1-4-10-26/h1-21,23-24,35-39,49H,22,25H2/t35-,36+,37-,38-,39-,45+/m0/s1. The van der Waals surface area contributed by atoms with Gasteiger partial charge in [0.05, 0.1) is 34.5 Å². The Balaban J connectivity index is 1.16. The summed E-state index contributed by atoms with van der Waals surface area (Å²) in [6.07, 6.45) is 2.39. The second-order valence-corrected chi connectivity index (χ2v) is 14.9. The van der Waals surface area contributed by atoms with E-state index in [0.29, 0.717) is 38.7 Å². The van der Waals surface area contributed by atoms with Gasteiger partial charge >= 0.3 is 0 Å². The molecule has 0 radical (unpaired) electrons. The number of aromatic hydroxyl groups is 1. The highest BCUT2D eigenvalue weighted by Crippen LogP contribution is 2.64. The van der Waals surface area contributed by atoms with Gasteiger partial charge in [-0.15, -0.1) is 0 Å². The minimum atomic E-state index is -1.43. The molecule has 5 aromatic carbocycles. The average Bonchev–Trinajstić information content (AvgIpc) is 3.59. The Kier molecular flexibility index (Phi) is 7.97. The van der Waals surface area contributed by atoms with E-state index < -0.39 is 46.8 Å². The number of nitrogens with zero attached hydrogens (tertiary/aromatic N) is 2. The van der Waals surface area contributed by atoms with Gasteiger partial charge in [-0.3, -0.25) is 28.9 Å². The van der Waals surface area contributed by atoms with E-state index in [0.717, 1.165) is 5.57 Å². The zero-order valence-electron chi connectivity index (χ0n) is 28.8. The molecule has 0 bridgehead atoms. The van der Waals surface area contributed by atoms with Gasteiger partial charge in [0.15, 0.2) is 5.78 Å². The Labute approximate surface area is 316 Å². The number of imide groups is 2. The smallest absolute Gasteiger partial charge is 0.246 e. The minimum absolute atomic E-state index is 0.000343. The van der Waals surface area contributed by atoms with E-state index in [2.05, 4.69) is 0 Å². The van der Waals surface area contributed by atoms with E-state index in [4.69, 9.17) is 11.6 Å². The highest BCUT2D eigenvalue weighted by atomic mass is 35.5. The molecule has 2 aliphatic carbocycles. The van der Waals surface area contributed by atoms with E-state index in [1.165, 1.54) is 9.80 Å². The van der Waals surface area contributed by atoms with Crippen LogP contribution in [0.15, 0.2) is 145 Å². The molecular weight excluding hydrogens is 700 g/mol. The molecule has 2 saturated heterocycles. The second-order valence-electron chi connectivity index (χ2n) is 14.4. The molecule has 4 aliphatic rings. The third kappa shape index (κ3) is 4.93. The third-order valence-electron chi connectivity index (χ3n) is 11.8. The number of amides is 4. The van der Waals surface area contributed by atoms with Gasteiger partial charge in [0, 0.05) is 22.1 Å². The van der Waals surface area contributed by atoms with Crippen molar-refractivity contribution in [2.75, 3.05) is 9.80 Å². The quantitative estimate of drug-likeness (QED) is 0.109. The molecule has 0 spiro atoms. The summed E-state index contributed by atoms with van der Waals surface area (Å²) in [5.74, 6) is -5.42. The molecular formula is C45H33ClN2O6. The fraction of sp³-hybridized carbons (Fsp3) is 0.178. The highest BCUT2D eigenvalue weighted by Gasteiger charge is 2.70. The summed E-state index contributed by atoms with van der Waals surface area (Å²) in [4.78, 5) is 74.6. The van der Waals surface area contributed by atoms with Gasteiger partial charge < -0.3 is 5.11 Å². The maximum atomic E-state index is 15.3. The lowest BCUT2D eigenvalue weighted by Gasteiger charge is -2.50. The van der Waals surface area contributed by atoms with Crippen molar-refractivity contribution in [3.8, 4) is 5.75 Å². The first-order valence-electron chi connectivity index (χ1n) is 18.0. The zero-order chi connectivity index (χ0) is 37.3. The summed E-state index contributed by atoms with van der Waals surface area (Å²) < 4.78 is 0. The molecule has 0 aromatic heterocycles. The molecule has 0 unspecified atom stereocenters. The summed E-state index contributed by atoms with van der Waals surface area (Å²) in [7, 11) is 0. The number of phenolic OH excluding ortho intramolecular Hbond substituents is 1. The fourth-order valence-electron chi connectivity index (χ4n) is 9.60. The number of carbonyl (C=O) groups is 5. The molecule has 3 fully saturated rings. The largest absolute Gasteiger partial charge is 0.508 e. The average molecular weight is 733 g/mol. The summed E-state index contributed by atoms with van der Waals surface area (Å²) >= 11 is 6.39. The zero-order valence-corrected chi connectivity index (χ0v) is 29.6. The van der Waals surface area contributed by atoms with Crippen molar-refractivity contribution in [2.24, 2.45) is 23.7 Å². The van der Waals surface area contributed by atoms with Crippen molar-refractivity contribution >= 4 is 52.4 Å². The van der Waals surface area contributed by atoms with E-state index in [1.54, 1.807) is 91.0 Å². The first kappa shape index (κ1) is 33.7. The van der Waals surface area contributed by atoms with Gasteiger partial charge in [-0.1, -0.05) is 102 Å². The van der Waals surface area contributed by atoms with Crippen LogP contribution in [0.4, 0.5) is 11.4 Å². The van der Waals surface area contributed by atoms with Crippen molar-refractivity contribution in [3.05, 3.63) is 172 Å². The van der Waals surface area contributed by atoms with Crippen LogP contribution >= 0.6 is 11.6 Å². The van der Waals surface area contributed by atoms with E-state index in [9.17, 15) is 24.3 Å². The summed E-state index contributed by atoms with van der Waals surface area (Å²) in [5, 5.41) is 11.2. The lowest BCUT2D eigenvalue weighted by atomic mass is 9.49. The topological polar surface area (TPSA) is 112 Å². The number of ketones is 1. The molecule has 9 rings (SSSR count). The number of halogens is 1. The number of fused-ring (bicyclic) bond motifs is 4. The predicted octanol–water partition coefficient (Wildman–Crippen LogP) is 7.64. The summed E-state index contributed by atoms with van der Waals surface area (Å²) in [5.41, 5.74) is 2.30. The molecule has 266 valence electrons. The van der Waals surface area contributed by atoms with Gasteiger partial charge in [-0.25, -0.2) is 4.90 Å². The van der Waals surface area contributed by atoms with Crippen molar-refractivity contribution < 1.29 is 29.1 Å². The molecule has 6 atom stereocenters. The van der Waals surface area contributed by atoms with Crippen molar-refractivity contribution in [1.29, 1.82) is 0 Å². The van der Waals surface area contributed by atoms with Crippen LogP contribution in [0.3, 0.4) is 0 Å². The monoisotopic (exact) mass is 732 g/mol. The molecule has 2 aliphatic heterocycles. The second kappa shape index (κ2) is 12.8. The highest BCUT2D eigenvalue weighted by molar-refractivity contribution is 6.32. The van der Waals surface area contributed by atoms with E-state index in [-0.39, 0.29) is 36.2 Å². The van der Waals surface area contributed by atoms with Crippen molar-refractivity contribution in [2.45, 2.75) is 24.2 Å². The van der Waals surface area contributed by atoms with Gasteiger partial charge in [0.25, 0.3) is 0 Å². The lowest BCUT2D eigenvalue weighted by molar-refractivity contribution is -0.127. The van der Waals surface area contributed by atoms with E-state index >= 15 is 4.79 Å². The summed E-state index contributed by atoms with van der Waals surface area (Å²) in [6, 6.07) is 38.0. The minimum Gasteiger partial charge on any atom is -0.508 e. The number of phenols is 1. The van der Waals surface area contributed by atoms with Crippen molar-refractivity contribution in [1.82, 2.24) is 0 Å². The number of hydrogen-bond acceptors (Lipinski definition) is 6. The number of hydrogen-bond donors (Lipinski definition) is 1. The van der Waals surface area contributed by atoms with Crippen LogP contribution in [0.5, 0.6) is 5.75 Å². The normalized spacial score (nSPS) is 25.9. The van der Waals surface area contributed by atoms with E-state index in [1.807, 2.05) is 48.5 Å². The molecule has 54 heavy (non-hydrogen) atoms. The molecule has 9 heteroatoms. The number of carbonyl (C=O) groups excluding carboxylic acids is 5. The Morgan fingerprint density at radius 3 is 2.06 bits per heavy atom. The number of benzene rings is 5. The van der Waals surface area contributed by atoms with Crippen LogP contribution in [0, 0.1) is 23.7 Å². The Hall–Kier alpha value is -6.12. The maximum Gasteiger partial charge on any atom is 0.246 e. The van der Waals surface area contributed by atoms with Crippen LogP contribution < -0.4 is 9.80 Å². The fourth-order valence-corrected chi connectivity index (χ4v) is 9.78. The van der Waals surface area contributed by atoms with Gasteiger partial charge in [0.2, 0.25) is 23.6 Å². The van der Waals surface area contributed by atoms with Gasteiger partial charge in [-0.05, 0) is 84.5 Å². The molecule has 1 saturated carbocycles. The Morgan fingerprint density at radius 2 is 1.35 bits per heavy atom.